The number of hydrogen-bond donors (Lipinski definition) is 1. The second-order valence-corrected chi connectivity index (χ2v) is 4.83. The highest BCUT2D eigenvalue weighted by Crippen LogP contribution is 2.25. The van der Waals surface area contributed by atoms with Crippen molar-refractivity contribution < 1.29 is 4.74 Å². The normalized spacial score (nSPS) is 12.5. The van der Waals surface area contributed by atoms with E-state index in [-0.39, 0.29) is 6.10 Å². The zero-order valence-corrected chi connectivity index (χ0v) is 11.8. The van der Waals surface area contributed by atoms with Crippen molar-refractivity contribution in [1.29, 1.82) is 0 Å². The molecule has 0 aliphatic heterocycles. The highest BCUT2D eigenvalue weighted by molar-refractivity contribution is 6.34. The Morgan fingerprint density at radius 3 is 2.35 bits per heavy atom. The summed E-state index contributed by atoms with van der Waals surface area (Å²) >= 11 is 11.8. The van der Waals surface area contributed by atoms with Gasteiger partial charge in [0, 0.05) is 16.6 Å². The molecule has 0 aromatic heterocycles. The molecule has 1 unspecified atom stereocenters. The Hall–Kier alpha value is -0.440. The van der Waals surface area contributed by atoms with E-state index < -0.39 is 0 Å². The third kappa shape index (κ3) is 5.62. The maximum atomic E-state index is 5.92. The van der Waals surface area contributed by atoms with Crippen molar-refractivity contribution in [3.63, 3.8) is 0 Å². The number of nitrogens with one attached hydrogen (secondary N) is 1. The van der Waals surface area contributed by atoms with Crippen LogP contribution >= 0.6 is 23.2 Å². The largest absolute Gasteiger partial charge is 0.489 e. The first-order valence-electron chi connectivity index (χ1n) is 5.99. The highest BCUT2D eigenvalue weighted by atomic mass is 35.5. The number of halogens is 2. The highest BCUT2D eigenvalue weighted by Gasteiger charge is 2.08. The van der Waals surface area contributed by atoms with E-state index in [4.69, 9.17) is 27.9 Å². The average molecular weight is 276 g/mol. The summed E-state index contributed by atoms with van der Waals surface area (Å²) in [6.07, 6.45) is 2.22. The molecule has 1 N–H and O–H groups in total. The zero-order valence-electron chi connectivity index (χ0n) is 10.3. The predicted octanol–water partition coefficient (Wildman–Crippen LogP) is 4.15. The Morgan fingerprint density at radius 2 is 1.82 bits per heavy atom. The molecule has 0 aliphatic carbocycles. The summed E-state index contributed by atoms with van der Waals surface area (Å²) in [7, 11) is 0. The van der Waals surface area contributed by atoms with E-state index in [1.807, 2.05) is 0 Å². The van der Waals surface area contributed by atoms with Gasteiger partial charge in [0.1, 0.15) is 11.9 Å². The molecule has 0 saturated carbocycles. The minimum Gasteiger partial charge on any atom is -0.489 e. The molecule has 0 heterocycles. The van der Waals surface area contributed by atoms with Crippen molar-refractivity contribution in [2.45, 2.75) is 32.8 Å². The minimum atomic E-state index is 0.149. The Morgan fingerprint density at radius 1 is 1.18 bits per heavy atom. The summed E-state index contributed by atoms with van der Waals surface area (Å²) in [5, 5.41) is 4.55. The first-order valence-corrected chi connectivity index (χ1v) is 6.74. The Balaban J connectivity index is 2.54. The van der Waals surface area contributed by atoms with Crippen LogP contribution in [0.2, 0.25) is 10.0 Å². The molecular formula is C13H19Cl2NO. The van der Waals surface area contributed by atoms with Gasteiger partial charge < -0.3 is 10.1 Å². The van der Waals surface area contributed by atoms with Gasteiger partial charge in [-0.3, -0.25) is 0 Å². The second-order valence-electron chi connectivity index (χ2n) is 3.96. The number of rotatable bonds is 7. The summed E-state index contributed by atoms with van der Waals surface area (Å²) in [6.45, 7) is 6.10. The van der Waals surface area contributed by atoms with Gasteiger partial charge in [-0.1, -0.05) is 37.0 Å². The van der Waals surface area contributed by atoms with E-state index in [2.05, 4.69) is 19.2 Å². The van der Waals surface area contributed by atoms with Crippen LogP contribution in [0.1, 0.15) is 26.7 Å². The maximum absolute atomic E-state index is 5.92. The lowest BCUT2D eigenvalue weighted by Crippen LogP contribution is -2.31. The summed E-state index contributed by atoms with van der Waals surface area (Å²) in [4.78, 5) is 0. The average Bonchev–Trinajstić information content (AvgIpc) is 2.26. The molecule has 1 aromatic carbocycles. The molecule has 0 amide bonds. The molecule has 0 fully saturated rings. The van der Waals surface area contributed by atoms with E-state index in [1.165, 1.54) is 0 Å². The summed E-state index contributed by atoms with van der Waals surface area (Å²) < 4.78 is 5.84. The van der Waals surface area contributed by atoms with Gasteiger partial charge in [0.25, 0.3) is 0 Å². The van der Waals surface area contributed by atoms with Crippen molar-refractivity contribution in [3.05, 3.63) is 28.2 Å². The van der Waals surface area contributed by atoms with Crippen molar-refractivity contribution in [2.75, 3.05) is 13.1 Å². The van der Waals surface area contributed by atoms with Crippen LogP contribution in [0.25, 0.3) is 0 Å². The number of ether oxygens (including phenoxy) is 1. The van der Waals surface area contributed by atoms with Crippen molar-refractivity contribution in [2.24, 2.45) is 0 Å². The Labute approximate surface area is 113 Å². The monoisotopic (exact) mass is 275 g/mol. The molecule has 17 heavy (non-hydrogen) atoms. The van der Waals surface area contributed by atoms with E-state index in [0.29, 0.717) is 10.0 Å². The first kappa shape index (κ1) is 14.6. The third-order valence-corrected chi connectivity index (χ3v) is 2.83. The molecule has 0 spiro atoms. The molecule has 0 saturated heterocycles. The SMILES string of the molecule is CCCNCC(CC)Oc1cc(Cl)cc(Cl)c1. The van der Waals surface area contributed by atoms with Crippen molar-refractivity contribution in [1.82, 2.24) is 5.32 Å². The second kappa shape index (κ2) is 7.80. The van der Waals surface area contributed by atoms with Gasteiger partial charge in [-0.25, -0.2) is 0 Å². The standard InChI is InChI=1S/C13H19Cl2NO/c1-3-5-16-9-12(4-2)17-13-7-10(14)6-11(15)8-13/h6-8,12,16H,3-5,9H2,1-2H3. The Kier molecular flexibility index (Phi) is 6.71. The van der Waals surface area contributed by atoms with Gasteiger partial charge in [0.2, 0.25) is 0 Å². The van der Waals surface area contributed by atoms with Crippen LogP contribution in [0.15, 0.2) is 18.2 Å². The minimum absolute atomic E-state index is 0.149. The lowest BCUT2D eigenvalue weighted by atomic mass is 10.2. The van der Waals surface area contributed by atoms with Gasteiger partial charge in [0.05, 0.1) is 0 Å². The van der Waals surface area contributed by atoms with Crippen LogP contribution < -0.4 is 10.1 Å². The van der Waals surface area contributed by atoms with Crippen molar-refractivity contribution >= 4 is 23.2 Å². The molecular weight excluding hydrogens is 257 g/mol. The van der Waals surface area contributed by atoms with E-state index in [1.54, 1.807) is 18.2 Å². The summed E-state index contributed by atoms with van der Waals surface area (Å²) in [5.74, 6) is 0.729. The van der Waals surface area contributed by atoms with Crippen LogP contribution in [0, 0.1) is 0 Å². The fourth-order valence-electron chi connectivity index (χ4n) is 1.50. The number of benzene rings is 1. The van der Waals surface area contributed by atoms with E-state index in [9.17, 15) is 0 Å². The summed E-state index contributed by atoms with van der Waals surface area (Å²) in [6, 6.07) is 5.28. The maximum Gasteiger partial charge on any atom is 0.122 e. The van der Waals surface area contributed by atoms with Crippen molar-refractivity contribution in [3.8, 4) is 5.75 Å². The van der Waals surface area contributed by atoms with Crippen LogP contribution in [0.3, 0.4) is 0 Å². The molecule has 1 atom stereocenters. The zero-order chi connectivity index (χ0) is 12.7. The van der Waals surface area contributed by atoms with Crippen LogP contribution in [-0.2, 0) is 0 Å². The predicted molar refractivity (Wildman–Crippen MR) is 74.3 cm³/mol. The van der Waals surface area contributed by atoms with Gasteiger partial charge >= 0.3 is 0 Å². The summed E-state index contributed by atoms with van der Waals surface area (Å²) in [5.41, 5.74) is 0. The molecule has 0 bridgehead atoms. The van der Waals surface area contributed by atoms with Crippen LogP contribution in [0.5, 0.6) is 5.75 Å². The number of hydrogen-bond acceptors (Lipinski definition) is 2. The van der Waals surface area contributed by atoms with Gasteiger partial charge in [-0.2, -0.15) is 0 Å². The van der Waals surface area contributed by atoms with E-state index in [0.717, 1.165) is 31.7 Å². The van der Waals surface area contributed by atoms with Gasteiger partial charge in [-0.15, -0.1) is 0 Å². The van der Waals surface area contributed by atoms with Gasteiger partial charge in [0.15, 0.2) is 0 Å². The fourth-order valence-corrected chi connectivity index (χ4v) is 2.00. The molecule has 1 aromatic rings. The lowest BCUT2D eigenvalue weighted by molar-refractivity contribution is 0.193. The molecule has 1 rings (SSSR count). The third-order valence-electron chi connectivity index (χ3n) is 2.39. The molecule has 0 aliphatic rings. The Bertz CT molecular complexity index is 324. The van der Waals surface area contributed by atoms with E-state index >= 15 is 0 Å². The smallest absolute Gasteiger partial charge is 0.122 e. The van der Waals surface area contributed by atoms with Gasteiger partial charge in [-0.05, 0) is 37.6 Å². The lowest BCUT2D eigenvalue weighted by Gasteiger charge is -2.18. The molecule has 0 radical (unpaired) electrons. The molecule has 96 valence electrons. The molecule has 4 heteroatoms. The van der Waals surface area contributed by atoms with Crippen LogP contribution in [0.4, 0.5) is 0 Å². The topological polar surface area (TPSA) is 21.3 Å². The van der Waals surface area contributed by atoms with Crippen LogP contribution in [-0.4, -0.2) is 19.2 Å². The molecule has 2 nitrogen and oxygen atoms in total. The first-order chi connectivity index (χ1) is 8.15. The quantitative estimate of drug-likeness (QED) is 0.755. The fraction of sp³-hybridized carbons (Fsp3) is 0.538.